The number of benzene rings is 2. The van der Waals surface area contributed by atoms with Crippen molar-refractivity contribution in [1.29, 1.82) is 0 Å². The molecule has 118 valence electrons. The van der Waals surface area contributed by atoms with Crippen LogP contribution in [0.1, 0.15) is 42.0 Å². The number of anilines is 1. The molecule has 2 heteroatoms. The van der Waals surface area contributed by atoms with Crippen molar-refractivity contribution >= 4 is 5.69 Å². The van der Waals surface area contributed by atoms with Crippen molar-refractivity contribution in [2.75, 3.05) is 18.5 Å². The number of ether oxygens (including phenoxy) is 1. The Morgan fingerprint density at radius 2 is 1.64 bits per heavy atom. The van der Waals surface area contributed by atoms with Crippen LogP contribution in [0.2, 0.25) is 0 Å². The van der Waals surface area contributed by atoms with Gasteiger partial charge in [0, 0.05) is 12.2 Å². The predicted molar refractivity (Wildman–Crippen MR) is 95.2 cm³/mol. The molecule has 0 bridgehead atoms. The third-order valence-corrected chi connectivity index (χ3v) is 3.85. The van der Waals surface area contributed by atoms with Crippen LogP contribution in [-0.2, 0) is 0 Å². The van der Waals surface area contributed by atoms with Gasteiger partial charge in [0.05, 0.1) is 0 Å². The van der Waals surface area contributed by atoms with E-state index < -0.39 is 0 Å². The second-order valence-electron chi connectivity index (χ2n) is 6.29. The Balaban J connectivity index is 1.92. The lowest BCUT2D eigenvalue weighted by molar-refractivity contribution is 0.328. The second-order valence-corrected chi connectivity index (χ2v) is 6.29. The van der Waals surface area contributed by atoms with Crippen LogP contribution < -0.4 is 10.1 Å². The van der Waals surface area contributed by atoms with Gasteiger partial charge in [-0.1, -0.05) is 43.7 Å². The maximum Gasteiger partial charge on any atom is 0.123 e. The van der Waals surface area contributed by atoms with Crippen molar-refractivity contribution in [2.45, 2.75) is 40.5 Å². The maximum absolute atomic E-state index is 6.00. The molecule has 0 aromatic heterocycles. The van der Waals surface area contributed by atoms with Crippen molar-refractivity contribution in [3.63, 3.8) is 0 Å². The zero-order valence-electron chi connectivity index (χ0n) is 14.4. The Labute approximate surface area is 134 Å². The maximum atomic E-state index is 6.00. The molecule has 22 heavy (non-hydrogen) atoms. The average Bonchev–Trinajstić information content (AvgIpc) is 2.45. The first-order valence-electron chi connectivity index (χ1n) is 8.02. The standard InChI is InChI=1S/C20H27NO/c1-14(2)18-8-6-16(4)13-20(18)22-11-10-21-19-9-7-15(3)12-17(19)5/h6-9,12-14,21H,10-11H2,1-5H3. The topological polar surface area (TPSA) is 21.3 Å². The highest BCUT2D eigenvalue weighted by Gasteiger charge is 2.08. The van der Waals surface area contributed by atoms with Gasteiger partial charge in [0.15, 0.2) is 0 Å². The molecule has 0 aliphatic heterocycles. The fourth-order valence-electron chi connectivity index (χ4n) is 2.60. The molecule has 2 rings (SSSR count). The van der Waals surface area contributed by atoms with Gasteiger partial charge in [0.2, 0.25) is 0 Å². The van der Waals surface area contributed by atoms with Crippen molar-refractivity contribution in [1.82, 2.24) is 0 Å². The fourth-order valence-corrected chi connectivity index (χ4v) is 2.60. The summed E-state index contributed by atoms with van der Waals surface area (Å²) in [5.74, 6) is 1.49. The highest BCUT2D eigenvalue weighted by Crippen LogP contribution is 2.27. The molecular weight excluding hydrogens is 270 g/mol. The molecule has 0 radical (unpaired) electrons. The highest BCUT2D eigenvalue weighted by molar-refractivity contribution is 5.51. The second kappa shape index (κ2) is 7.35. The lowest BCUT2D eigenvalue weighted by Gasteiger charge is -2.16. The van der Waals surface area contributed by atoms with Crippen LogP contribution in [0.15, 0.2) is 36.4 Å². The summed E-state index contributed by atoms with van der Waals surface area (Å²) < 4.78 is 6.00. The van der Waals surface area contributed by atoms with Gasteiger partial charge in [-0.2, -0.15) is 0 Å². The van der Waals surface area contributed by atoms with E-state index in [1.54, 1.807) is 0 Å². The third kappa shape index (κ3) is 4.27. The number of hydrogen-bond acceptors (Lipinski definition) is 2. The number of hydrogen-bond donors (Lipinski definition) is 1. The van der Waals surface area contributed by atoms with Crippen LogP contribution in [0.25, 0.3) is 0 Å². The summed E-state index contributed by atoms with van der Waals surface area (Å²) >= 11 is 0. The van der Waals surface area contributed by atoms with Crippen LogP contribution in [0.5, 0.6) is 5.75 Å². The first kappa shape index (κ1) is 16.4. The molecule has 2 nitrogen and oxygen atoms in total. The highest BCUT2D eigenvalue weighted by atomic mass is 16.5. The Morgan fingerprint density at radius 3 is 2.32 bits per heavy atom. The van der Waals surface area contributed by atoms with Gasteiger partial charge in [-0.3, -0.25) is 0 Å². The van der Waals surface area contributed by atoms with E-state index in [4.69, 9.17) is 4.74 Å². The molecule has 2 aromatic rings. The fraction of sp³-hybridized carbons (Fsp3) is 0.400. The van der Waals surface area contributed by atoms with Crippen LogP contribution in [0.3, 0.4) is 0 Å². The summed E-state index contributed by atoms with van der Waals surface area (Å²) in [6.45, 7) is 12.2. The Morgan fingerprint density at radius 1 is 0.955 bits per heavy atom. The predicted octanol–water partition coefficient (Wildman–Crippen LogP) is 5.23. The van der Waals surface area contributed by atoms with E-state index in [2.05, 4.69) is 76.3 Å². The third-order valence-electron chi connectivity index (χ3n) is 3.85. The molecule has 0 unspecified atom stereocenters. The van der Waals surface area contributed by atoms with Gasteiger partial charge in [-0.15, -0.1) is 0 Å². The lowest BCUT2D eigenvalue weighted by Crippen LogP contribution is -2.13. The zero-order chi connectivity index (χ0) is 16.1. The van der Waals surface area contributed by atoms with Crippen LogP contribution in [-0.4, -0.2) is 13.2 Å². The molecule has 0 fully saturated rings. The van der Waals surface area contributed by atoms with Crippen molar-refractivity contribution in [2.24, 2.45) is 0 Å². The average molecular weight is 297 g/mol. The van der Waals surface area contributed by atoms with Gasteiger partial charge in [0.25, 0.3) is 0 Å². The number of nitrogens with one attached hydrogen (secondary N) is 1. The molecule has 2 aromatic carbocycles. The summed E-state index contributed by atoms with van der Waals surface area (Å²) in [5.41, 5.74) is 6.26. The lowest BCUT2D eigenvalue weighted by atomic mass is 10.0. The van der Waals surface area contributed by atoms with Gasteiger partial charge < -0.3 is 10.1 Å². The van der Waals surface area contributed by atoms with Crippen LogP contribution in [0, 0.1) is 20.8 Å². The summed E-state index contributed by atoms with van der Waals surface area (Å²) in [6.07, 6.45) is 0. The quantitative estimate of drug-likeness (QED) is 0.737. The molecule has 0 saturated heterocycles. The van der Waals surface area contributed by atoms with E-state index in [0.717, 1.165) is 12.3 Å². The van der Waals surface area contributed by atoms with E-state index in [1.165, 1.54) is 27.9 Å². The van der Waals surface area contributed by atoms with E-state index in [0.29, 0.717) is 12.5 Å². The minimum atomic E-state index is 0.475. The molecule has 0 spiro atoms. The Hall–Kier alpha value is -1.96. The summed E-state index contributed by atoms with van der Waals surface area (Å²) in [6, 6.07) is 12.9. The molecule has 0 heterocycles. The Kier molecular flexibility index (Phi) is 5.48. The largest absolute Gasteiger partial charge is 0.491 e. The first-order chi connectivity index (χ1) is 10.5. The molecule has 0 atom stereocenters. The zero-order valence-corrected chi connectivity index (χ0v) is 14.4. The Bertz CT molecular complexity index is 632. The van der Waals surface area contributed by atoms with Crippen molar-refractivity contribution in [3.05, 3.63) is 58.7 Å². The molecule has 0 amide bonds. The number of rotatable bonds is 6. The molecule has 0 aliphatic carbocycles. The van der Waals surface area contributed by atoms with E-state index >= 15 is 0 Å². The normalized spacial score (nSPS) is 10.8. The minimum Gasteiger partial charge on any atom is -0.491 e. The number of aryl methyl sites for hydroxylation is 3. The van der Waals surface area contributed by atoms with Gasteiger partial charge in [-0.05, 0) is 55.5 Å². The van der Waals surface area contributed by atoms with Gasteiger partial charge in [0.1, 0.15) is 12.4 Å². The smallest absolute Gasteiger partial charge is 0.123 e. The molecule has 0 aliphatic rings. The van der Waals surface area contributed by atoms with Crippen molar-refractivity contribution in [3.8, 4) is 5.75 Å². The van der Waals surface area contributed by atoms with Gasteiger partial charge >= 0.3 is 0 Å². The summed E-state index contributed by atoms with van der Waals surface area (Å²) in [7, 11) is 0. The first-order valence-corrected chi connectivity index (χ1v) is 8.02. The molecular formula is C20H27NO. The molecule has 1 N–H and O–H groups in total. The van der Waals surface area contributed by atoms with Crippen molar-refractivity contribution < 1.29 is 4.74 Å². The molecule has 0 saturated carbocycles. The summed E-state index contributed by atoms with van der Waals surface area (Å²) in [4.78, 5) is 0. The van der Waals surface area contributed by atoms with Crippen LogP contribution in [0.4, 0.5) is 5.69 Å². The monoisotopic (exact) mass is 297 g/mol. The minimum absolute atomic E-state index is 0.475. The van der Waals surface area contributed by atoms with Crippen LogP contribution >= 0.6 is 0 Å². The van der Waals surface area contributed by atoms with E-state index in [-0.39, 0.29) is 0 Å². The van der Waals surface area contributed by atoms with Gasteiger partial charge in [-0.25, -0.2) is 0 Å². The summed E-state index contributed by atoms with van der Waals surface area (Å²) in [5, 5.41) is 3.45. The SMILES string of the molecule is Cc1ccc(NCCOc2cc(C)ccc2C(C)C)c(C)c1. The van der Waals surface area contributed by atoms with E-state index in [9.17, 15) is 0 Å². The van der Waals surface area contributed by atoms with E-state index in [1.807, 2.05) is 0 Å².